The lowest BCUT2D eigenvalue weighted by atomic mass is 10.2. The van der Waals surface area contributed by atoms with Crippen molar-refractivity contribution in [2.75, 3.05) is 11.9 Å². The maximum absolute atomic E-state index is 11.0. The summed E-state index contributed by atoms with van der Waals surface area (Å²) in [5, 5.41) is 13.0. The fourth-order valence-corrected chi connectivity index (χ4v) is 1.69. The molecule has 0 atom stereocenters. The molecule has 0 saturated heterocycles. The maximum atomic E-state index is 11.0. The first-order valence-electron chi connectivity index (χ1n) is 5.96. The van der Waals surface area contributed by atoms with Crippen molar-refractivity contribution in [3.63, 3.8) is 0 Å². The Kier molecular flexibility index (Phi) is 3.72. The maximum Gasteiger partial charge on any atom is 0.374 e. The van der Waals surface area contributed by atoms with Gasteiger partial charge in [0.05, 0.1) is 5.52 Å². The summed E-state index contributed by atoms with van der Waals surface area (Å²) in [5.41, 5.74) is 0.642. The first-order valence-corrected chi connectivity index (χ1v) is 5.96. The SMILES string of the molecule is CCCCNc1nc(C(=O)O)nc2ccccc12. The van der Waals surface area contributed by atoms with E-state index in [0.717, 1.165) is 24.8 Å². The van der Waals surface area contributed by atoms with E-state index in [1.807, 2.05) is 18.2 Å². The van der Waals surface area contributed by atoms with Crippen molar-refractivity contribution in [1.29, 1.82) is 0 Å². The number of aromatic nitrogens is 2. The van der Waals surface area contributed by atoms with Gasteiger partial charge in [-0.15, -0.1) is 0 Å². The van der Waals surface area contributed by atoms with Crippen molar-refractivity contribution in [3.05, 3.63) is 30.1 Å². The average Bonchev–Trinajstić information content (AvgIpc) is 2.38. The van der Waals surface area contributed by atoms with Gasteiger partial charge in [0.2, 0.25) is 5.82 Å². The van der Waals surface area contributed by atoms with Gasteiger partial charge in [0, 0.05) is 11.9 Å². The number of para-hydroxylation sites is 1. The molecule has 0 unspecified atom stereocenters. The molecule has 94 valence electrons. The highest BCUT2D eigenvalue weighted by molar-refractivity contribution is 5.93. The minimum atomic E-state index is -1.11. The van der Waals surface area contributed by atoms with E-state index in [9.17, 15) is 4.79 Å². The van der Waals surface area contributed by atoms with E-state index >= 15 is 0 Å². The van der Waals surface area contributed by atoms with Gasteiger partial charge in [-0.3, -0.25) is 0 Å². The number of carboxylic acid groups (broad SMARTS) is 1. The molecule has 2 aromatic rings. The Balaban J connectivity index is 2.43. The van der Waals surface area contributed by atoms with Gasteiger partial charge < -0.3 is 10.4 Å². The predicted molar refractivity (Wildman–Crippen MR) is 69.9 cm³/mol. The molecule has 0 aliphatic carbocycles. The second-order valence-corrected chi connectivity index (χ2v) is 4.00. The molecule has 2 N–H and O–H groups in total. The predicted octanol–water partition coefficient (Wildman–Crippen LogP) is 2.54. The minimum Gasteiger partial charge on any atom is -0.475 e. The molecule has 18 heavy (non-hydrogen) atoms. The number of unbranched alkanes of at least 4 members (excludes halogenated alkanes) is 1. The van der Waals surface area contributed by atoms with Crippen LogP contribution in [0.25, 0.3) is 10.9 Å². The lowest BCUT2D eigenvalue weighted by molar-refractivity contribution is 0.0684. The third kappa shape index (κ3) is 2.56. The van der Waals surface area contributed by atoms with Gasteiger partial charge in [0.15, 0.2) is 0 Å². The Hall–Kier alpha value is -2.17. The highest BCUT2D eigenvalue weighted by Crippen LogP contribution is 2.20. The Morgan fingerprint density at radius 3 is 2.83 bits per heavy atom. The molecule has 1 aromatic carbocycles. The number of anilines is 1. The van der Waals surface area contributed by atoms with Crippen LogP contribution in [0.5, 0.6) is 0 Å². The van der Waals surface area contributed by atoms with Crippen LogP contribution in [0.15, 0.2) is 24.3 Å². The molecule has 0 fully saturated rings. The summed E-state index contributed by atoms with van der Waals surface area (Å²) < 4.78 is 0. The Morgan fingerprint density at radius 2 is 2.11 bits per heavy atom. The average molecular weight is 245 g/mol. The van der Waals surface area contributed by atoms with Crippen LogP contribution in [-0.2, 0) is 0 Å². The van der Waals surface area contributed by atoms with Gasteiger partial charge in [-0.25, -0.2) is 14.8 Å². The molecule has 0 bridgehead atoms. The smallest absolute Gasteiger partial charge is 0.374 e. The normalized spacial score (nSPS) is 10.5. The van der Waals surface area contributed by atoms with Crippen LogP contribution in [0.4, 0.5) is 5.82 Å². The highest BCUT2D eigenvalue weighted by atomic mass is 16.4. The number of hydrogen-bond donors (Lipinski definition) is 2. The van der Waals surface area contributed by atoms with E-state index in [0.29, 0.717) is 11.3 Å². The van der Waals surface area contributed by atoms with E-state index in [-0.39, 0.29) is 5.82 Å². The second kappa shape index (κ2) is 5.44. The summed E-state index contributed by atoms with van der Waals surface area (Å²) in [6, 6.07) is 7.39. The number of aromatic carboxylic acids is 1. The van der Waals surface area contributed by atoms with Crippen molar-refractivity contribution in [2.24, 2.45) is 0 Å². The van der Waals surface area contributed by atoms with Gasteiger partial charge in [-0.1, -0.05) is 25.5 Å². The molecule has 1 aromatic heterocycles. The zero-order valence-corrected chi connectivity index (χ0v) is 10.2. The molecule has 0 amide bonds. The van der Waals surface area contributed by atoms with Gasteiger partial charge in [-0.2, -0.15) is 0 Å². The number of carboxylic acids is 1. The Morgan fingerprint density at radius 1 is 1.33 bits per heavy atom. The van der Waals surface area contributed by atoms with Crippen LogP contribution in [0.2, 0.25) is 0 Å². The molecule has 0 spiro atoms. The van der Waals surface area contributed by atoms with Crippen LogP contribution in [-0.4, -0.2) is 27.6 Å². The van der Waals surface area contributed by atoms with Gasteiger partial charge >= 0.3 is 5.97 Å². The number of benzene rings is 1. The summed E-state index contributed by atoms with van der Waals surface area (Å²) in [6.45, 7) is 2.87. The second-order valence-electron chi connectivity index (χ2n) is 4.00. The van der Waals surface area contributed by atoms with Crippen LogP contribution in [0.1, 0.15) is 30.4 Å². The number of carbonyl (C=O) groups is 1. The number of nitrogens with one attached hydrogen (secondary N) is 1. The van der Waals surface area contributed by atoms with Crippen LogP contribution in [0.3, 0.4) is 0 Å². The molecule has 2 rings (SSSR count). The molecule has 0 saturated carbocycles. The topological polar surface area (TPSA) is 75.1 Å². The molecular formula is C13H15N3O2. The van der Waals surface area contributed by atoms with Crippen LogP contribution in [0, 0.1) is 0 Å². The molecule has 1 heterocycles. The van der Waals surface area contributed by atoms with Gasteiger partial charge in [0.1, 0.15) is 5.82 Å². The first-order chi connectivity index (χ1) is 8.72. The van der Waals surface area contributed by atoms with Gasteiger partial charge in [-0.05, 0) is 18.6 Å². The van der Waals surface area contributed by atoms with Gasteiger partial charge in [0.25, 0.3) is 0 Å². The fourth-order valence-electron chi connectivity index (χ4n) is 1.69. The van der Waals surface area contributed by atoms with Crippen molar-refractivity contribution in [3.8, 4) is 0 Å². The number of nitrogens with zero attached hydrogens (tertiary/aromatic N) is 2. The fraction of sp³-hybridized carbons (Fsp3) is 0.308. The number of rotatable bonds is 5. The third-order valence-corrected chi connectivity index (χ3v) is 2.62. The molecule has 0 aliphatic heterocycles. The standard InChI is InChI=1S/C13H15N3O2/c1-2-3-8-14-11-9-6-4-5-7-10(9)15-12(16-11)13(17)18/h4-7H,2-3,8H2,1H3,(H,17,18)(H,14,15,16). The summed E-state index contributed by atoms with van der Waals surface area (Å²) in [4.78, 5) is 19.0. The third-order valence-electron chi connectivity index (χ3n) is 2.62. The molecule has 5 nitrogen and oxygen atoms in total. The molecule has 5 heteroatoms. The lowest BCUT2D eigenvalue weighted by Crippen LogP contribution is -2.10. The lowest BCUT2D eigenvalue weighted by Gasteiger charge is -2.08. The highest BCUT2D eigenvalue weighted by Gasteiger charge is 2.11. The number of hydrogen-bond acceptors (Lipinski definition) is 4. The first kappa shape index (κ1) is 12.3. The molecular weight excluding hydrogens is 230 g/mol. The molecule has 0 aliphatic rings. The minimum absolute atomic E-state index is 0.173. The summed E-state index contributed by atoms with van der Waals surface area (Å²) in [7, 11) is 0. The Labute approximate surface area is 105 Å². The zero-order valence-electron chi connectivity index (χ0n) is 10.2. The number of fused-ring (bicyclic) bond motifs is 1. The van der Waals surface area contributed by atoms with Crippen molar-refractivity contribution >= 4 is 22.7 Å². The van der Waals surface area contributed by atoms with Crippen molar-refractivity contribution in [2.45, 2.75) is 19.8 Å². The summed E-state index contributed by atoms with van der Waals surface area (Å²) >= 11 is 0. The largest absolute Gasteiger partial charge is 0.475 e. The summed E-state index contributed by atoms with van der Waals surface area (Å²) in [6.07, 6.45) is 2.09. The van der Waals surface area contributed by atoms with E-state index < -0.39 is 5.97 Å². The van der Waals surface area contributed by atoms with E-state index in [1.54, 1.807) is 6.07 Å². The quantitative estimate of drug-likeness (QED) is 0.792. The summed E-state index contributed by atoms with van der Waals surface area (Å²) in [5.74, 6) is -0.696. The zero-order chi connectivity index (χ0) is 13.0. The van der Waals surface area contributed by atoms with Crippen LogP contribution < -0.4 is 5.32 Å². The van der Waals surface area contributed by atoms with E-state index in [2.05, 4.69) is 22.2 Å². The van der Waals surface area contributed by atoms with E-state index in [1.165, 1.54) is 0 Å². The molecule has 0 radical (unpaired) electrons. The van der Waals surface area contributed by atoms with Crippen molar-refractivity contribution < 1.29 is 9.90 Å². The van der Waals surface area contributed by atoms with Crippen molar-refractivity contribution in [1.82, 2.24) is 9.97 Å². The van der Waals surface area contributed by atoms with Crippen LogP contribution >= 0.6 is 0 Å². The Bertz CT molecular complexity index is 569. The monoisotopic (exact) mass is 245 g/mol. The van der Waals surface area contributed by atoms with E-state index in [4.69, 9.17) is 5.11 Å².